The Morgan fingerprint density at radius 2 is 1.72 bits per heavy atom. The van der Waals surface area contributed by atoms with E-state index in [-0.39, 0.29) is 17.4 Å². The predicted molar refractivity (Wildman–Crippen MR) is 113 cm³/mol. The number of carbonyl (C=O) groups excluding carboxylic acids is 1. The van der Waals surface area contributed by atoms with Crippen LogP contribution in [0.2, 0.25) is 0 Å². The van der Waals surface area contributed by atoms with Crippen LogP contribution in [0.15, 0.2) is 60.9 Å². The zero-order valence-corrected chi connectivity index (χ0v) is 16.6. The fourth-order valence-corrected chi connectivity index (χ4v) is 4.18. The standard InChI is InChI=1S/C24H15F2N5O/c25-17-12-16(7-6-15-4-2-1-3-5-15)13-18(26)21(17)30-22(32)24(9-10-24)31-20(14-27-23(30)31)19-8-11-28-29-19/h1-5,8,11-14H,9-10H2,(H,28,29). The summed E-state index contributed by atoms with van der Waals surface area (Å²) in [4.78, 5) is 18.7. The number of anilines is 2. The number of aromatic nitrogens is 4. The maximum Gasteiger partial charge on any atom is 0.260 e. The Kier molecular flexibility index (Phi) is 3.83. The summed E-state index contributed by atoms with van der Waals surface area (Å²) in [6.07, 6.45) is 4.34. The molecule has 1 fully saturated rings. The van der Waals surface area contributed by atoms with Crippen molar-refractivity contribution in [2.75, 3.05) is 4.90 Å². The van der Waals surface area contributed by atoms with E-state index in [1.807, 2.05) is 30.3 Å². The summed E-state index contributed by atoms with van der Waals surface area (Å²) in [6.45, 7) is 0. The lowest BCUT2D eigenvalue weighted by atomic mass is 10.1. The summed E-state index contributed by atoms with van der Waals surface area (Å²) in [5.74, 6) is 3.72. The second-order valence-corrected chi connectivity index (χ2v) is 7.83. The summed E-state index contributed by atoms with van der Waals surface area (Å²) < 4.78 is 32.1. The molecule has 3 heterocycles. The topological polar surface area (TPSA) is 66.8 Å². The van der Waals surface area contributed by atoms with Crippen LogP contribution in [0.5, 0.6) is 0 Å². The molecular formula is C24H15F2N5O. The number of aromatic amines is 1. The number of nitrogens with zero attached hydrogens (tertiary/aromatic N) is 4. The van der Waals surface area contributed by atoms with E-state index < -0.39 is 22.9 Å². The van der Waals surface area contributed by atoms with E-state index in [1.165, 1.54) is 0 Å². The zero-order chi connectivity index (χ0) is 21.9. The second-order valence-electron chi connectivity index (χ2n) is 7.83. The Balaban J connectivity index is 1.44. The van der Waals surface area contributed by atoms with Gasteiger partial charge in [-0.25, -0.2) is 18.7 Å². The zero-order valence-electron chi connectivity index (χ0n) is 16.6. The number of imidazole rings is 1. The average molecular weight is 427 g/mol. The van der Waals surface area contributed by atoms with Gasteiger partial charge >= 0.3 is 0 Å². The van der Waals surface area contributed by atoms with Crippen molar-refractivity contribution in [2.45, 2.75) is 18.4 Å². The largest absolute Gasteiger partial charge is 0.293 e. The minimum atomic E-state index is -0.869. The minimum absolute atomic E-state index is 0.182. The highest BCUT2D eigenvalue weighted by atomic mass is 19.1. The molecule has 32 heavy (non-hydrogen) atoms. The van der Waals surface area contributed by atoms with E-state index in [2.05, 4.69) is 27.0 Å². The minimum Gasteiger partial charge on any atom is -0.293 e. The van der Waals surface area contributed by atoms with Gasteiger partial charge in [-0.05, 0) is 43.2 Å². The van der Waals surface area contributed by atoms with Gasteiger partial charge in [0.1, 0.15) is 11.2 Å². The molecule has 2 aromatic carbocycles. The molecule has 2 aliphatic rings. The highest BCUT2D eigenvalue weighted by Crippen LogP contribution is 2.56. The van der Waals surface area contributed by atoms with Gasteiger partial charge < -0.3 is 0 Å². The van der Waals surface area contributed by atoms with E-state index >= 15 is 8.78 Å². The van der Waals surface area contributed by atoms with Crippen LogP contribution < -0.4 is 4.90 Å². The maximum atomic E-state index is 15.2. The van der Waals surface area contributed by atoms with Gasteiger partial charge in [-0.15, -0.1) is 0 Å². The van der Waals surface area contributed by atoms with Crippen LogP contribution in [-0.2, 0) is 10.3 Å². The van der Waals surface area contributed by atoms with Crippen molar-refractivity contribution >= 4 is 17.5 Å². The molecule has 4 aromatic rings. The first-order chi connectivity index (χ1) is 15.6. The Morgan fingerprint density at radius 3 is 2.38 bits per heavy atom. The predicted octanol–water partition coefficient (Wildman–Crippen LogP) is 4.12. The van der Waals surface area contributed by atoms with Crippen LogP contribution in [0.25, 0.3) is 11.4 Å². The molecule has 1 spiro atoms. The maximum absolute atomic E-state index is 15.2. The van der Waals surface area contributed by atoms with Crippen LogP contribution in [0, 0.1) is 23.5 Å². The summed E-state index contributed by atoms with van der Waals surface area (Å²) in [5.41, 5.74) is 0.941. The molecule has 1 aliphatic carbocycles. The fraction of sp³-hybridized carbons (Fsp3) is 0.125. The number of fused-ring (bicyclic) bond motifs is 2. The molecule has 6 nitrogen and oxygen atoms in total. The Hall–Kier alpha value is -4.25. The third kappa shape index (κ3) is 2.61. The molecule has 1 N–H and O–H groups in total. The fourth-order valence-electron chi connectivity index (χ4n) is 4.18. The molecule has 0 atom stereocenters. The molecule has 6 rings (SSSR count). The number of hydrogen-bond acceptors (Lipinski definition) is 3. The van der Waals surface area contributed by atoms with Crippen LogP contribution in [0.3, 0.4) is 0 Å². The molecule has 8 heteroatoms. The Morgan fingerprint density at radius 1 is 1.00 bits per heavy atom. The highest BCUT2D eigenvalue weighted by Gasteiger charge is 2.62. The molecular weight excluding hydrogens is 412 g/mol. The molecule has 1 amide bonds. The van der Waals surface area contributed by atoms with Gasteiger partial charge in [0.05, 0.1) is 17.6 Å². The number of halogens is 2. The molecule has 2 aromatic heterocycles. The number of carbonyl (C=O) groups is 1. The number of nitrogens with one attached hydrogen (secondary N) is 1. The number of benzene rings is 2. The average Bonchev–Trinajstić information content (AvgIpc) is 3.12. The van der Waals surface area contributed by atoms with Gasteiger partial charge in [-0.1, -0.05) is 30.0 Å². The summed E-state index contributed by atoms with van der Waals surface area (Å²) in [5, 5.41) is 6.81. The molecule has 0 radical (unpaired) electrons. The quantitative estimate of drug-likeness (QED) is 0.490. The van der Waals surface area contributed by atoms with Crippen molar-refractivity contribution in [2.24, 2.45) is 0 Å². The monoisotopic (exact) mass is 427 g/mol. The number of hydrogen-bond donors (Lipinski definition) is 1. The van der Waals surface area contributed by atoms with Crippen LogP contribution >= 0.6 is 0 Å². The van der Waals surface area contributed by atoms with Crippen molar-refractivity contribution in [1.29, 1.82) is 0 Å². The molecule has 156 valence electrons. The van der Waals surface area contributed by atoms with Gasteiger partial charge in [0.2, 0.25) is 5.95 Å². The third-order valence-electron chi connectivity index (χ3n) is 5.84. The molecule has 0 saturated heterocycles. The third-order valence-corrected chi connectivity index (χ3v) is 5.84. The van der Waals surface area contributed by atoms with Gasteiger partial charge in [0.25, 0.3) is 5.91 Å². The second kappa shape index (κ2) is 6.62. The molecule has 0 unspecified atom stereocenters. The van der Waals surface area contributed by atoms with Crippen LogP contribution in [0.4, 0.5) is 20.4 Å². The van der Waals surface area contributed by atoms with E-state index in [0.29, 0.717) is 24.2 Å². The van der Waals surface area contributed by atoms with Crippen molar-refractivity contribution in [3.63, 3.8) is 0 Å². The first kappa shape index (κ1) is 18.5. The summed E-state index contributed by atoms with van der Waals surface area (Å²) in [6, 6.07) is 13.2. The smallest absolute Gasteiger partial charge is 0.260 e. The Labute approximate surface area is 181 Å². The van der Waals surface area contributed by atoms with Crippen LogP contribution in [-0.4, -0.2) is 25.7 Å². The number of amides is 1. The van der Waals surface area contributed by atoms with E-state index in [1.54, 1.807) is 23.0 Å². The SMILES string of the molecule is O=C1N(c2c(F)cc(C#Cc3ccccc3)cc2F)c2ncc(-c3ccn[nH]3)n2C12CC2. The molecule has 1 aliphatic heterocycles. The normalized spacial score (nSPS) is 15.6. The lowest BCUT2D eigenvalue weighted by molar-refractivity contribution is -0.120. The van der Waals surface area contributed by atoms with Gasteiger partial charge in [-0.3, -0.25) is 14.5 Å². The first-order valence-corrected chi connectivity index (χ1v) is 10.1. The van der Waals surface area contributed by atoms with E-state index in [4.69, 9.17) is 0 Å². The van der Waals surface area contributed by atoms with Crippen molar-refractivity contribution in [3.05, 3.63) is 83.7 Å². The number of H-pyrrole nitrogens is 1. The first-order valence-electron chi connectivity index (χ1n) is 10.1. The Bertz CT molecular complexity index is 1400. The van der Waals surface area contributed by atoms with E-state index in [0.717, 1.165) is 22.6 Å². The van der Waals surface area contributed by atoms with Crippen molar-refractivity contribution in [1.82, 2.24) is 19.7 Å². The van der Waals surface area contributed by atoms with Gasteiger partial charge in [0, 0.05) is 17.3 Å². The molecule has 0 bridgehead atoms. The van der Waals surface area contributed by atoms with Crippen LogP contribution in [0.1, 0.15) is 24.0 Å². The lowest BCUT2D eigenvalue weighted by Gasteiger charge is -2.17. The molecule has 1 saturated carbocycles. The van der Waals surface area contributed by atoms with Gasteiger partial charge in [0.15, 0.2) is 11.6 Å². The number of rotatable bonds is 2. The lowest BCUT2D eigenvalue weighted by Crippen LogP contribution is -2.31. The van der Waals surface area contributed by atoms with Gasteiger partial charge in [-0.2, -0.15) is 5.10 Å². The summed E-state index contributed by atoms with van der Waals surface area (Å²) >= 11 is 0. The summed E-state index contributed by atoms with van der Waals surface area (Å²) in [7, 11) is 0. The van der Waals surface area contributed by atoms with Crippen molar-refractivity contribution < 1.29 is 13.6 Å². The highest BCUT2D eigenvalue weighted by molar-refractivity contribution is 6.09. The van der Waals surface area contributed by atoms with Crippen molar-refractivity contribution in [3.8, 4) is 23.2 Å². The van der Waals surface area contributed by atoms with E-state index in [9.17, 15) is 4.79 Å².